The van der Waals surface area contributed by atoms with E-state index in [1.165, 1.54) is 19.3 Å². The van der Waals surface area contributed by atoms with Gasteiger partial charge in [-0.1, -0.05) is 18.6 Å². The lowest BCUT2D eigenvalue weighted by Crippen LogP contribution is -2.60. The molecule has 1 aliphatic heterocycles. The predicted octanol–water partition coefficient (Wildman–Crippen LogP) is 5.32. The number of aromatic nitrogens is 2. The Kier molecular flexibility index (Phi) is 4.34. The van der Waals surface area contributed by atoms with Crippen LogP contribution in [0.1, 0.15) is 35.3 Å². The van der Waals surface area contributed by atoms with Crippen molar-refractivity contribution in [2.45, 2.75) is 26.2 Å². The molecule has 29 heavy (non-hydrogen) atoms. The first-order valence-electron chi connectivity index (χ1n) is 9.90. The molecule has 0 radical (unpaired) electrons. The first-order chi connectivity index (χ1) is 14.0. The molecule has 1 saturated carbocycles. The second kappa shape index (κ2) is 6.79. The van der Waals surface area contributed by atoms with Crippen molar-refractivity contribution >= 4 is 38.4 Å². The van der Waals surface area contributed by atoms with Gasteiger partial charge in [0.05, 0.1) is 29.7 Å². The Labute approximate surface area is 178 Å². The van der Waals surface area contributed by atoms with Crippen LogP contribution in [0, 0.1) is 18.9 Å². The van der Waals surface area contributed by atoms with E-state index in [1.54, 1.807) is 18.3 Å². The highest BCUT2D eigenvalue weighted by Gasteiger charge is 2.47. The SMILES string of the molecule is [C-]#[N+]c1ccc(-n2c(C)c(C(=O)CN3CC4(CCC4)C3)c3ncc(Br)cc32)cc1. The minimum absolute atomic E-state index is 0.132. The second-order valence-corrected chi connectivity index (χ2v) is 9.28. The highest BCUT2D eigenvalue weighted by atomic mass is 79.9. The molecular weight excluding hydrogens is 428 g/mol. The summed E-state index contributed by atoms with van der Waals surface area (Å²) in [5, 5.41) is 0. The summed E-state index contributed by atoms with van der Waals surface area (Å²) in [6.45, 7) is 11.7. The number of benzene rings is 1. The fourth-order valence-electron chi connectivity index (χ4n) is 4.89. The molecule has 3 aromatic rings. The number of Topliss-reactive ketones (excluding diaryl/α,β-unsaturated/α-hetero) is 1. The summed E-state index contributed by atoms with van der Waals surface area (Å²) in [7, 11) is 0. The van der Waals surface area contributed by atoms with Gasteiger partial charge in [0.2, 0.25) is 0 Å². The first-order valence-corrected chi connectivity index (χ1v) is 10.7. The number of pyridine rings is 1. The van der Waals surface area contributed by atoms with Crippen LogP contribution in [0.2, 0.25) is 0 Å². The Hall–Kier alpha value is -2.49. The Morgan fingerprint density at radius 3 is 2.62 bits per heavy atom. The van der Waals surface area contributed by atoms with Crippen LogP contribution in [-0.4, -0.2) is 39.9 Å². The van der Waals surface area contributed by atoms with Gasteiger partial charge in [-0.3, -0.25) is 14.7 Å². The lowest BCUT2D eigenvalue weighted by atomic mass is 9.63. The molecule has 2 aliphatic rings. The molecule has 2 aromatic heterocycles. The van der Waals surface area contributed by atoms with Crippen LogP contribution in [0.25, 0.3) is 21.6 Å². The molecule has 6 heteroatoms. The van der Waals surface area contributed by atoms with E-state index in [4.69, 9.17) is 6.57 Å². The monoisotopic (exact) mass is 448 g/mol. The maximum absolute atomic E-state index is 13.3. The molecule has 2 fully saturated rings. The van der Waals surface area contributed by atoms with Gasteiger partial charge >= 0.3 is 0 Å². The average molecular weight is 449 g/mol. The quantitative estimate of drug-likeness (QED) is 0.400. The van der Waals surface area contributed by atoms with Crippen molar-refractivity contribution in [3.63, 3.8) is 0 Å². The summed E-state index contributed by atoms with van der Waals surface area (Å²) in [5.41, 5.74) is 5.27. The molecule has 5 rings (SSSR count). The predicted molar refractivity (Wildman–Crippen MR) is 117 cm³/mol. The van der Waals surface area contributed by atoms with Crippen LogP contribution in [-0.2, 0) is 0 Å². The van der Waals surface area contributed by atoms with E-state index in [0.29, 0.717) is 23.2 Å². The fourth-order valence-corrected chi connectivity index (χ4v) is 5.21. The molecule has 146 valence electrons. The highest BCUT2D eigenvalue weighted by molar-refractivity contribution is 9.10. The van der Waals surface area contributed by atoms with E-state index < -0.39 is 0 Å². The third-order valence-electron chi connectivity index (χ3n) is 6.42. The number of likely N-dealkylation sites (tertiary alicyclic amines) is 1. The van der Waals surface area contributed by atoms with Crippen LogP contribution in [0.4, 0.5) is 5.69 Å². The lowest BCUT2D eigenvalue weighted by molar-refractivity contribution is -0.0544. The standard InChI is InChI=1S/C23H21BrN4O/c1-15-21(20(29)12-27-13-23(14-27)8-3-9-23)22-19(10-16(24)11-26-22)28(15)18-6-4-17(25-2)5-7-18/h4-7,10-11H,3,8-9,12-14H2,1H3. The molecule has 1 aromatic carbocycles. The number of carbonyl (C=O) groups is 1. The summed E-state index contributed by atoms with van der Waals surface area (Å²) >= 11 is 3.51. The average Bonchev–Trinajstić information content (AvgIpc) is 2.94. The van der Waals surface area contributed by atoms with E-state index >= 15 is 0 Å². The van der Waals surface area contributed by atoms with Gasteiger partial charge in [0.1, 0.15) is 0 Å². The molecule has 0 atom stereocenters. The summed E-state index contributed by atoms with van der Waals surface area (Å²) in [6.07, 6.45) is 5.70. The first kappa shape index (κ1) is 18.5. The number of nitrogens with zero attached hydrogens (tertiary/aromatic N) is 4. The van der Waals surface area contributed by atoms with E-state index in [2.05, 4.69) is 35.2 Å². The highest BCUT2D eigenvalue weighted by Crippen LogP contribution is 2.48. The van der Waals surface area contributed by atoms with Crippen molar-refractivity contribution in [1.82, 2.24) is 14.5 Å². The van der Waals surface area contributed by atoms with Crippen molar-refractivity contribution in [2.75, 3.05) is 19.6 Å². The minimum atomic E-state index is 0.132. The third kappa shape index (κ3) is 3.00. The van der Waals surface area contributed by atoms with Gasteiger partial charge in [0.25, 0.3) is 0 Å². The summed E-state index contributed by atoms with van der Waals surface area (Å²) in [6, 6.07) is 9.45. The molecule has 3 heterocycles. The van der Waals surface area contributed by atoms with Gasteiger partial charge < -0.3 is 4.57 Å². The Bertz CT molecular complexity index is 1160. The molecule has 1 spiro atoms. The third-order valence-corrected chi connectivity index (χ3v) is 6.86. The molecule has 0 bridgehead atoms. The van der Waals surface area contributed by atoms with E-state index in [1.807, 2.05) is 25.1 Å². The zero-order valence-electron chi connectivity index (χ0n) is 16.3. The van der Waals surface area contributed by atoms with Crippen LogP contribution >= 0.6 is 15.9 Å². The van der Waals surface area contributed by atoms with Crippen LogP contribution < -0.4 is 0 Å². The van der Waals surface area contributed by atoms with Crippen molar-refractivity contribution in [1.29, 1.82) is 0 Å². The van der Waals surface area contributed by atoms with Crippen molar-refractivity contribution in [2.24, 2.45) is 5.41 Å². The topological polar surface area (TPSA) is 42.5 Å². The Morgan fingerprint density at radius 2 is 2.00 bits per heavy atom. The van der Waals surface area contributed by atoms with Gasteiger partial charge in [-0.2, -0.15) is 0 Å². The molecule has 0 N–H and O–H groups in total. The smallest absolute Gasteiger partial charge is 0.187 e. The molecule has 0 amide bonds. The van der Waals surface area contributed by atoms with Gasteiger partial charge in [-0.25, -0.2) is 4.85 Å². The van der Waals surface area contributed by atoms with Crippen LogP contribution in [0.3, 0.4) is 0 Å². The lowest BCUT2D eigenvalue weighted by Gasteiger charge is -2.55. The van der Waals surface area contributed by atoms with Gasteiger partial charge in [-0.15, -0.1) is 0 Å². The summed E-state index contributed by atoms with van der Waals surface area (Å²) in [4.78, 5) is 23.6. The zero-order chi connectivity index (χ0) is 20.2. The number of fused-ring (bicyclic) bond motifs is 1. The second-order valence-electron chi connectivity index (χ2n) is 8.37. The van der Waals surface area contributed by atoms with Crippen molar-refractivity contribution < 1.29 is 4.79 Å². The number of rotatable bonds is 4. The zero-order valence-corrected chi connectivity index (χ0v) is 17.9. The van der Waals surface area contributed by atoms with E-state index in [0.717, 1.165) is 40.0 Å². The van der Waals surface area contributed by atoms with Crippen molar-refractivity contribution in [3.8, 4) is 5.69 Å². The molecular formula is C23H21BrN4O. The van der Waals surface area contributed by atoms with Crippen molar-refractivity contribution in [3.05, 3.63) is 63.7 Å². The van der Waals surface area contributed by atoms with Gasteiger partial charge in [-0.05, 0) is 59.3 Å². The largest absolute Gasteiger partial charge is 0.312 e. The van der Waals surface area contributed by atoms with Crippen LogP contribution in [0.15, 0.2) is 41.0 Å². The van der Waals surface area contributed by atoms with Gasteiger partial charge in [0, 0.05) is 35.1 Å². The maximum Gasteiger partial charge on any atom is 0.187 e. The van der Waals surface area contributed by atoms with Crippen LogP contribution in [0.5, 0.6) is 0 Å². The molecule has 0 unspecified atom stereocenters. The number of ketones is 1. The van der Waals surface area contributed by atoms with E-state index in [-0.39, 0.29) is 5.78 Å². The summed E-state index contributed by atoms with van der Waals surface area (Å²) < 4.78 is 2.94. The normalized spacial score (nSPS) is 17.7. The number of hydrogen-bond acceptors (Lipinski definition) is 3. The Morgan fingerprint density at radius 1 is 1.28 bits per heavy atom. The molecule has 1 saturated heterocycles. The number of carbonyl (C=O) groups excluding carboxylic acids is 1. The van der Waals surface area contributed by atoms with E-state index in [9.17, 15) is 4.79 Å². The van der Waals surface area contributed by atoms with Gasteiger partial charge in [0.15, 0.2) is 11.5 Å². The maximum atomic E-state index is 13.3. The fraction of sp³-hybridized carbons (Fsp3) is 0.348. The minimum Gasteiger partial charge on any atom is -0.312 e. The molecule has 1 aliphatic carbocycles. The number of halogens is 1. The molecule has 5 nitrogen and oxygen atoms in total. The summed E-state index contributed by atoms with van der Waals surface area (Å²) in [5.74, 6) is 0.132. The number of hydrogen-bond donors (Lipinski definition) is 0. The Balaban J connectivity index is 1.54.